The van der Waals surface area contributed by atoms with Crippen molar-refractivity contribution in [2.24, 2.45) is 0 Å². The van der Waals surface area contributed by atoms with E-state index in [1.54, 1.807) is 10.9 Å². The number of nitrogens with one attached hydrogen (secondary N) is 1. The van der Waals surface area contributed by atoms with Gasteiger partial charge in [0.05, 0.1) is 11.2 Å². The van der Waals surface area contributed by atoms with Gasteiger partial charge < -0.3 is 5.32 Å². The predicted octanol–water partition coefficient (Wildman–Crippen LogP) is 2.26. The van der Waals surface area contributed by atoms with E-state index in [4.69, 9.17) is 0 Å². The number of aromatic nitrogens is 3. The second kappa shape index (κ2) is 4.53. The summed E-state index contributed by atoms with van der Waals surface area (Å²) in [6.07, 6.45) is -4.17. The molecule has 8 heteroatoms. The maximum absolute atomic E-state index is 13.1. The lowest BCUT2D eigenvalue weighted by molar-refractivity contribution is -0.142. The monoisotopic (exact) mass is 286 g/mol. The average Bonchev–Trinajstić information content (AvgIpc) is 2.90. The average molecular weight is 286 g/mol. The molecule has 0 spiro atoms. The topological polar surface area (TPSA) is 50.7 Å². The molecule has 3 heterocycles. The summed E-state index contributed by atoms with van der Waals surface area (Å²) >= 11 is 1.30. The first kappa shape index (κ1) is 12.5. The molecule has 0 saturated carbocycles. The van der Waals surface area contributed by atoms with E-state index < -0.39 is 11.9 Å². The van der Waals surface area contributed by atoms with Crippen molar-refractivity contribution in [2.75, 3.05) is 6.54 Å². The molecule has 0 bridgehead atoms. The Kier molecular flexibility index (Phi) is 2.98. The summed E-state index contributed by atoms with van der Waals surface area (Å²) in [7, 11) is 0. The molecule has 0 aliphatic carbocycles. The van der Waals surface area contributed by atoms with Gasteiger partial charge in [0.15, 0.2) is 11.5 Å². The number of fused-ring (bicyclic) bond motifs is 1. The lowest BCUT2D eigenvalue weighted by Gasteiger charge is -2.20. The number of rotatable bonds is 1. The van der Waals surface area contributed by atoms with Crippen LogP contribution in [0.5, 0.6) is 0 Å². The van der Waals surface area contributed by atoms with Gasteiger partial charge in [-0.05, 0) is 13.0 Å². The van der Waals surface area contributed by atoms with Gasteiger partial charge >= 0.3 is 6.18 Å². The summed E-state index contributed by atoms with van der Waals surface area (Å²) in [5.41, 5.74) is 1.71. The Hall–Kier alpha value is -1.54. The van der Waals surface area contributed by atoms with Crippen LogP contribution in [0.4, 0.5) is 13.2 Å². The third-order valence-corrected chi connectivity index (χ3v) is 3.45. The zero-order valence-electron chi connectivity index (χ0n) is 9.66. The molecule has 3 rings (SSSR count). The van der Waals surface area contributed by atoms with Crippen LogP contribution < -0.4 is 5.32 Å². The molecule has 19 heavy (non-hydrogen) atoms. The summed E-state index contributed by atoms with van der Waals surface area (Å²) in [6.45, 7) is 0.841. The van der Waals surface area contributed by atoms with Crippen molar-refractivity contribution in [1.82, 2.24) is 20.3 Å². The van der Waals surface area contributed by atoms with Crippen molar-refractivity contribution in [1.29, 1.82) is 0 Å². The minimum atomic E-state index is -4.46. The van der Waals surface area contributed by atoms with Crippen molar-refractivity contribution in [2.45, 2.75) is 19.1 Å². The highest BCUT2D eigenvalue weighted by molar-refractivity contribution is 7.07. The van der Waals surface area contributed by atoms with Gasteiger partial charge in [-0.15, -0.1) is 11.3 Å². The van der Waals surface area contributed by atoms with Crippen LogP contribution in [-0.2, 0) is 19.1 Å². The van der Waals surface area contributed by atoms with Crippen LogP contribution in [0.25, 0.3) is 11.5 Å². The zero-order chi connectivity index (χ0) is 13.5. The second-order valence-corrected chi connectivity index (χ2v) is 4.84. The summed E-state index contributed by atoms with van der Waals surface area (Å²) < 4.78 is 39.2. The first-order chi connectivity index (χ1) is 9.05. The molecule has 0 atom stereocenters. The van der Waals surface area contributed by atoms with Gasteiger partial charge in [0.2, 0.25) is 0 Å². The molecular formula is C11H9F3N4S. The Morgan fingerprint density at radius 2 is 2.11 bits per heavy atom. The predicted molar refractivity (Wildman–Crippen MR) is 63.6 cm³/mol. The molecule has 1 aliphatic rings. The molecule has 0 radical (unpaired) electrons. The van der Waals surface area contributed by atoms with Gasteiger partial charge in [-0.3, -0.25) is 0 Å². The maximum atomic E-state index is 13.1. The molecule has 1 N–H and O–H groups in total. The third-order valence-electron chi connectivity index (χ3n) is 2.87. The van der Waals surface area contributed by atoms with Gasteiger partial charge in [-0.2, -0.15) is 13.2 Å². The fourth-order valence-corrected chi connectivity index (χ4v) is 2.56. The van der Waals surface area contributed by atoms with Gasteiger partial charge in [0.25, 0.3) is 0 Å². The molecule has 2 aromatic heterocycles. The van der Waals surface area contributed by atoms with Crippen LogP contribution >= 0.6 is 11.3 Å². The molecule has 0 unspecified atom stereocenters. The fraction of sp³-hybridized carbons (Fsp3) is 0.364. The van der Waals surface area contributed by atoms with Crippen molar-refractivity contribution >= 4 is 11.3 Å². The lowest BCUT2D eigenvalue weighted by Crippen LogP contribution is -2.28. The number of alkyl halides is 3. The fourth-order valence-electron chi connectivity index (χ4n) is 2.03. The minimum absolute atomic E-state index is 0.0380. The van der Waals surface area contributed by atoms with E-state index in [2.05, 4.69) is 20.3 Å². The minimum Gasteiger partial charge on any atom is -0.311 e. The largest absolute Gasteiger partial charge is 0.433 e. The lowest BCUT2D eigenvalue weighted by atomic mass is 10.0. The van der Waals surface area contributed by atoms with Gasteiger partial charge in [0, 0.05) is 17.5 Å². The van der Waals surface area contributed by atoms with E-state index in [9.17, 15) is 13.2 Å². The molecule has 1 aliphatic heterocycles. The quantitative estimate of drug-likeness (QED) is 0.873. The molecule has 2 aromatic rings. The van der Waals surface area contributed by atoms with Crippen LogP contribution in [0.3, 0.4) is 0 Å². The Balaban J connectivity index is 2.19. The Morgan fingerprint density at radius 3 is 2.79 bits per heavy atom. The number of nitrogens with zero attached hydrogens (tertiary/aromatic N) is 3. The van der Waals surface area contributed by atoms with Crippen LogP contribution in [0.15, 0.2) is 10.9 Å². The molecule has 0 aromatic carbocycles. The first-order valence-corrected chi connectivity index (χ1v) is 6.56. The number of halogens is 3. The highest BCUT2D eigenvalue weighted by atomic mass is 32.1. The van der Waals surface area contributed by atoms with E-state index in [0.717, 1.165) is 0 Å². The van der Waals surface area contributed by atoms with Gasteiger partial charge in [-0.1, -0.05) is 0 Å². The van der Waals surface area contributed by atoms with Crippen molar-refractivity contribution < 1.29 is 13.2 Å². The Morgan fingerprint density at radius 1 is 1.26 bits per heavy atom. The molecule has 0 fully saturated rings. The van der Waals surface area contributed by atoms with Crippen LogP contribution in [0, 0.1) is 0 Å². The van der Waals surface area contributed by atoms with E-state index in [-0.39, 0.29) is 11.4 Å². The SMILES string of the molecule is FC(F)(F)c1nc(-c2cscn2)nc2c1CCNC2. The molecule has 100 valence electrons. The molecule has 0 amide bonds. The van der Waals surface area contributed by atoms with Gasteiger partial charge in [0.1, 0.15) is 5.69 Å². The molecular weight excluding hydrogens is 277 g/mol. The highest BCUT2D eigenvalue weighted by Gasteiger charge is 2.38. The third kappa shape index (κ3) is 2.33. The maximum Gasteiger partial charge on any atom is 0.433 e. The second-order valence-electron chi connectivity index (χ2n) is 4.12. The normalized spacial score (nSPS) is 15.3. The van der Waals surface area contributed by atoms with Crippen LogP contribution in [0.2, 0.25) is 0 Å². The zero-order valence-corrected chi connectivity index (χ0v) is 10.5. The molecule has 4 nitrogen and oxygen atoms in total. The van der Waals surface area contributed by atoms with Crippen LogP contribution in [-0.4, -0.2) is 21.5 Å². The van der Waals surface area contributed by atoms with Crippen molar-refractivity contribution in [3.05, 3.63) is 27.8 Å². The van der Waals surface area contributed by atoms with Crippen molar-refractivity contribution in [3.63, 3.8) is 0 Å². The summed E-state index contributed by atoms with van der Waals surface area (Å²) in [4.78, 5) is 11.8. The number of hydrogen-bond acceptors (Lipinski definition) is 5. The van der Waals surface area contributed by atoms with E-state index in [1.165, 1.54) is 11.3 Å². The Bertz CT molecular complexity index is 595. The smallest absolute Gasteiger partial charge is 0.311 e. The van der Waals surface area contributed by atoms with E-state index in [0.29, 0.717) is 30.9 Å². The van der Waals surface area contributed by atoms with E-state index in [1.807, 2.05) is 0 Å². The van der Waals surface area contributed by atoms with Gasteiger partial charge in [-0.25, -0.2) is 15.0 Å². The van der Waals surface area contributed by atoms with Crippen LogP contribution in [0.1, 0.15) is 17.0 Å². The summed E-state index contributed by atoms with van der Waals surface area (Å²) in [5.74, 6) is 0.0380. The Labute approximate surface area is 110 Å². The summed E-state index contributed by atoms with van der Waals surface area (Å²) in [6, 6.07) is 0. The number of thiazole rings is 1. The highest BCUT2D eigenvalue weighted by Crippen LogP contribution is 2.34. The van der Waals surface area contributed by atoms with Crippen molar-refractivity contribution in [3.8, 4) is 11.5 Å². The first-order valence-electron chi connectivity index (χ1n) is 5.62. The summed E-state index contributed by atoms with van der Waals surface area (Å²) in [5, 5.41) is 4.65. The standard InChI is InChI=1S/C11H9F3N4S/c12-11(13,14)9-6-1-2-15-3-7(6)17-10(18-9)8-4-19-5-16-8/h4-5,15H,1-3H2. The number of hydrogen-bond donors (Lipinski definition) is 1. The van der Waals surface area contributed by atoms with E-state index >= 15 is 0 Å². The molecule has 0 saturated heterocycles.